The quantitative estimate of drug-likeness (QED) is 0.158. The van der Waals surface area contributed by atoms with E-state index in [1.54, 1.807) is 0 Å². The zero-order valence-electron chi connectivity index (χ0n) is 34.6. The predicted molar refractivity (Wildman–Crippen MR) is 263 cm³/mol. The lowest BCUT2D eigenvalue weighted by Crippen LogP contribution is -2.36. The molecular weight excluding hydrogens is 761 g/mol. The zero-order valence-corrected chi connectivity index (χ0v) is 34.6. The molecule has 2 nitrogen and oxygen atoms in total. The van der Waals surface area contributed by atoms with E-state index in [9.17, 15) is 0 Å². The summed E-state index contributed by atoms with van der Waals surface area (Å²) in [6, 6.07) is 93.1. The highest BCUT2D eigenvalue weighted by Crippen LogP contribution is 2.63. The molecule has 0 bridgehead atoms. The summed E-state index contributed by atoms with van der Waals surface area (Å²) in [6.07, 6.45) is 0. The molecule has 1 aliphatic heterocycles. The van der Waals surface area contributed by atoms with Gasteiger partial charge in [0.05, 0.1) is 16.8 Å². The maximum Gasteiger partial charge on any atom is 0.0754 e. The third-order valence-corrected chi connectivity index (χ3v) is 13.1. The number of nitrogens with zero attached hydrogens (tertiary/aromatic N) is 2. The van der Waals surface area contributed by atoms with Crippen LogP contribution in [0.25, 0.3) is 44.5 Å². The van der Waals surface area contributed by atoms with Crippen molar-refractivity contribution in [2.24, 2.45) is 0 Å². The maximum absolute atomic E-state index is 2.47. The molecule has 0 fully saturated rings. The van der Waals surface area contributed by atoms with Gasteiger partial charge in [0.25, 0.3) is 0 Å². The molecule has 0 unspecified atom stereocenters. The average Bonchev–Trinajstić information content (AvgIpc) is 3.65. The zero-order chi connectivity index (χ0) is 41.7. The van der Waals surface area contributed by atoms with Gasteiger partial charge in [0.15, 0.2) is 0 Å². The summed E-state index contributed by atoms with van der Waals surface area (Å²) in [5, 5.41) is 0. The molecule has 1 aliphatic carbocycles. The van der Waals surface area contributed by atoms with Crippen LogP contribution in [0, 0.1) is 0 Å². The number of hydrogen-bond donors (Lipinski definition) is 0. The number of para-hydroxylation sites is 3. The van der Waals surface area contributed by atoms with Gasteiger partial charge in [0.2, 0.25) is 0 Å². The fraction of sp³-hybridized carbons (Fsp3) is 0.0164. The topological polar surface area (TPSA) is 6.48 Å². The van der Waals surface area contributed by atoms with E-state index in [0.29, 0.717) is 0 Å². The van der Waals surface area contributed by atoms with Crippen LogP contribution in [-0.4, -0.2) is 0 Å². The van der Waals surface area contributed by atoms with E-state index < -0.39 is 5.41 Å². The molecule has 1 spiro atoms. The summed E-state index contributed by atoms with van der Waals surface area (Å²) >= 11 is 0. The lowest BCUT2D eigenvalue weighted by atomic mass is 9.64. The van der Waals surface area contributed by atoms with Crippen molar-refractivity contribution >= 4 is 34.1 Å². The van der Waals surface area contributed by atoms with Gasteiger partial charge < -0.3 is 9.80 Å². The molecule has 0 saturated heterocycles. The van der Waals surface area contributed by atoms with Gasteiger partial charge in [-0.05, 0) is 133 Å². The van der Waals surface area contributed by atoms with Gasteiger partial charge in [0.1, 0.15) is 0 Å². The van der Waals surface area contributed by atoms with Crippen LogP contribution in [0.15, 0.2) is 255 Å². The van der Waals surface area contributed by atoms with Gasteiger partial charge in [0, 0.05) is 22.7 Å². The Morgan fingerprint density at radius 3 is 1.14 bits per heavy atom. The van der Waals surface area contributed by atoms with Crippen molar-refractivity contribution in [3.63, 3.8) is 0 Å². The Labute approximate surface area is 369 Å². The monoisotopic (exact) mass is 802 g/mol. The van der Waals surface area contributed by atoms with Crippen LogP contribution in [0.5, 0.6) is 0 Å². The molecule has 63 heavy (non-hydrogen) atoms. The van der Waals surface area contributed by atoms with Crippen LogP contribution in [0.2, 0.25) is 0 Å². The molecule has 0 radical (unpaired) electrons. The fourth-order valence-electron chi connectivity index (χ4n) is 10.3. The van der Waals surface area contributed by atoms with E-state index in [0.717, 1.165) is 22.7 Å². The van der Waals surface area contributed by atoms with Crippen molar-refractivity contribution in [1.82, 2.24) is 0 Å². The summed E-state index contributed by atoms with van der Waals surface area (Å²) < 4.78 is 0. The van der Waals surface area contributed by atoms with E-state index in [1.165, 1.54) is 78.1 Å². The van der Waals surface area contributed by atoms with Crippen molar-refractivity contribution in [3.8, 4) is 44.5 Å². The van der Waals surface area contributed by atoms with Crippen molar-refractivity contribution in [2.45, 2.75) is 5.41 Å². The van der Waals surface area contributed by atoms with Crippen LogP contribution < -0.4 is 9.80 Å². The average molecular weight is 803 g/mol. The van der Waals surface area contributed by atoms with Gasteiger partial charge in [-0.15, -0.1) is 0 Å². The molecule has 0 aromatic heterocycles. The van der Waals surface area contributed by atoms with Gasteiger partial charge >= 0.3 is 0 Å². The van der Waals surface area contributed by atoms with E-state index >= 15 is 0 Å². The Morgan fingerprint density at radius 1 is 0.270 bits per heavy atom. The van der Waals surface area contributed by atoms with Gasteiger partial charge in [-0.25, -0.2) is 0 Å². The first kappa shape index (κ1) is 36.6. The summed E-state index contributed by atoms with van der Waals surface area (Å²) in [6.45, 7) is 0. The third-order valence-electron chi connectivity index (χ3n) is 13.1. The Balaban J connectivity index is 0.977. The SMILES string of the molecule is c1ccc(-c2ccc(N(c3ccc(-c4ccccc4)cc3)c3ccc(-c4ccc5c(c4)C4(c6ccccc6-5)c5ccccc5N(c5ccccc5)c5ccccc54)cc3)cc2)cc1. The lowest BCUT2D eigenvalue weighted by molar-refractivity contribution is 0.753. The van der Waals surface area contributed by atoms with E-state index in [2.05, 4.69) is 265 Å². The van der Waals surface area contributed by atoms with Crippen LogP contribution in [0.1, 0.15) is 22.3 Å². The smallest absolute Gasteiger partial charge is 0.0754 e. The molecule has 0 amide bonds. The number of rotatable bonds is 7. The number of fused-ring (bicyclic) bond motifs is 9. The summed E-state index contributed by atoms with van der Waals surface area (Å²) in [5.41, 5.74) is 21.3. The molecule has 1 heterocycles. The normalized spacial score (nSPS) is 12.9. The highest BCUT2D eigenvalue weighted by atomic mass is 15.2. The molecular formula is C61H42N2. The van der Waals surface area contributed by atoms with Gasteiger partial charge in [-0.1, -0.05) is 188 Å². The summed E-state index contributed by atoms with van der Waals surface area (Å²) in [5.74, 6) is 0. The van der Waals surface area contributed by atoms with Crippen molar-refractivity contribution in [2.75, 3.05) is 9.80 Å². The fourth-order valence-corrected chi connectivity index (χ4v) is 10.3. The molecule has 0 atom stereocenters. The largest absolute Gasteiger partial charge is 0.311 e. The molecule has 0 N–H and O–H groups in total. The number of anilines is 6. The minimum atomic E-state index is -0.505. The summed E-state index contributed by atoms with van der Waals surface area (Å²) in [7, 11) is 0. The lowest BCUT2D eigenvalue weighted by Gasteiger charge is -2.45. The third kappa shape index (κ3) is 5.95. The molecule has 10 aromatic carbocycles. The molecule has 2 heteroatoms. The van der Waals surface area contributed by atoms with Gasteiger partial charge in [-0.3, -0.25) is 0 Å². The van der Waals surface area contributed by atoms with Crippen molar-refractivity contribution < 1.29 is 0 Å². The van der Waals surface area contributed by atoms with E-state index in [-0.39, 0.29) is 0 Å². The van der Waals surface area contributed by atoms with E-state index in [1.807, 2.05) is 0 Å². The Hall–Kier alpha value is -8.20. The molecule has 2 aliphatic rings. The summed E-state index contributed by atoms with van der Waals surface area (Å²) in [4.78, 5) is 4.80. The van der Waals surface area contributed by atoms with Crippen LogP contribution >= 0.6 is 0 Å². The van der Waals surface area contributed by atoms with Crippen LogP contribution in [-0.2, 0) is 5.41 Å². The highest BCUT2D eigenvalue weighted by molar-refractivity contribution is 5.96. The Bertz CT molecular complexity index is 3120. The maximum atomic E-state index is 2.47. The Morgan fingerprint density at radius 2 is 0.635 bits per heavy atom. The highest BCUT2D eigenvalue weighted by Gasteiger charge is 2.51. The second-order valence-corrected chi connectivity index (χ2v) is 16.5. The number of hydrogen-bond acceptors (Lipinski definition) is 2. The van der Waals surface area contributed by atoms with Gasteiger partial charge in [-0.2, -0.15) is 0 Å². The van der Waals surface area contributed by atoms with Crippen LogP contribution in [0.4, 0.5) is 34.1 Å². The standard InChI is InChI=1S/C61H42N2/c1-4-16-43(17-5-1)45-28-35-50(36-29-45)62(51-37-30-46(31-38-51)44-18-6-2-7-19-44)52-39-32-47(33-40-52)48-34-41-54-53-22-10-11-23-55(53)61(58(54)42-48)56-24-12-14-26-59(56)63(49-20-8-3-9-21-49)60-27-15-13-25-57(60)61/h1-42H. The molecule has 296 valence electrons. The Kier molecular flexibility index (Phi) is 8.76. The predicted octanol–water partition coefficient (Wildman–Crippen LogP) is 16.3. The first-order valence-corrected chi connectivity index (χ1v) is 21.8. The van der Waals surface area contributed by atoms with Crippen LogP contribution in [0.3, 0.4) is 0 Å². The van der Waals surface area contributed by atoms with E-state index in [4.69, 9.17) is 0 Å². The molecule has 0 saturated carbocycles. The molecule has 12 rings (SSSR count). The number of benzene rings is 10. The second kappa shape index (κ2) is 15.1. The van der Waals surface area contributed by atoms with Crippen molar-refractivity contribution in [3.05, 3.63) is 277 Å². The minimum absolute atomic E-state index is 0.505. The first-order valence-electron chi connectivity index (χ1n) is 21.8. The second-order valence-electron chi connectivity index (χ2n) is 16.5. The first-order chi connectivity index (χ1) is 31.3. The molecule has 10 aromatic rings. The van der Waals surface area contributed by atoms with Crippen molar-refractivity contribution in [1.29, 1.82) is 0 Å². The minimum Gasteiger partial charge on any atom is -0.311 e.